The molecule has 0 saturated carbocycles. The van der Waals surface area contributed by atoms with Crippen LogP contribution in [-0.4, -0.2) is 44.5 Å². The van der Waals surface area contributed by atoms with Crippen LogP contribution in [0.15, 0.2) is 4.42 Å². The molecule has 9 heteroatoms. The zero-order chi connectivity index (χ0) is 16.2. The van der Waals surface area contributed by atoms with E-state index in [1.165, 1.54) is 0 Å². The number of hydrogen-bond donors (Lipinski definition) is 1. The van der Waals surface area contributed by atoms with Crippen LogP contribution in [0.1, 0.15) is 32.7 Å². The fourth-order valence-electron chi connectivity index (χ4n) is 2.16. The summed E-state index contributed by atoms with van der Waals surface area (Å²) in [6.45, 7) is 8.16. The van der Waals surface area contributed by atoms with Gasteiger partial charge in [0.15, 0.2) is 0 Å². The largest absolute Gasteiger partial charge is 0.422 e. The van der Waals surface area contributed by atoms with Crippen LogP contribution in [0.4, 0.5) is 5.88 Å². The molecule has 22 heavy (non-hydrogen) atoms. The van der Waals surface area contributed by atoms with E-state index in [0.29, 0.717) is 38.1 Å². The molecule has 8 nitrogen and oxygen atoms in total. The molecule has 1 aromatic rings. The summed E-state index contributed by atoms with van der Waals surface area (Å²) in [7, 11) is -3.54. The summed E-state index contributed by atoms with van der Waals surface area (Å²) in [4.78, 5) is 6.24. The highest BCUT2D eigenvalue weighted by Gasteiger charge is 2.38. The van der Waals surface area contributed by atoms with Crippen LogP contribution in [-0.2, 0) is 18.3 Å². The van der Waals surface area contributed by atoms with Crippen molar-refractivity contribution in [3.63, 3.8) is 0 Å². The topological polar surface area (TPSA) is 100 Å². The quantitative estimate of drug-likeness (QED) is 0.748. The van der Waals surface area contributed by atoms with Gasteiger partial charge in [0.2, 0.25) is 17.2 Å². The van der Waals surface area contributed by atoms with Crippen LogP contribution in [0.3, 0.4) is 0 Å². The lowest BCUT2D eigenvalue weighted by Crippen LogP contribution is -2.38. The van der Waals surface area contributed by atoms with Crippen molar-refractivity contribution >= 4 is 18.9 Å². The number of nitrogens with two attached hydrogens (primary N) is 1. The summed E-state index contributed by atoms with van der Waals surface area (Å²) in [5, 5.41) is 0. The second-order valence-electron chi connectivity index (χ2n) is 4.90. The van der Waals surface area contributed by atoms with Crippen molar-refractivity contribution in [2.24, 2.45) is 5.73 Å². The lowest BCUT2D eigenvalue weighted by atomic mass is 10.4. The third-order valence-corrected chi connectivity index (χ3v) is 5.16. The van der Waals surface area contributed by atoms with E-state index in [-0.39, 0.29) is 18.6 Å². The van der Waals surface area contributed by atoms with E-state index >= 15 is 0 Å². The van der Waals surface area contributed by atoms with Gasteiger partial charge in [-0.15, -0.1) is 0 Å². The van der Waals surface area contributed by atoms with E-state index in [1.54, 1.807) is 20.8 Å². The Hall–Kier alpha value is -0.920. The number of hydrogen-bond acceptors (Lipinski definition) is 8. The molecule has 0 aliphatic carbocycles. The maximum Gasteiger partial charge on any atom is 0.385 e. The molecule has 1 unspecified atom stereocenters. The predicted molar refractivity (Wildman–Crippen MR) is 82.6 cm³/mol. The highest BCUT2D eigenvalue weighted by Crippen LogP contribution is 2.49. The van der Waals surface area contributed by atoms with Gasteiger partial charge in [-0.2, -0.15) is 0 Å². The average Bonchev–Trinajstić information content (AvgIpc) is 2.95. The fourth-order valence-corrected chi connectivity index (χ4v) is 3.81. The van der Waals surface area contributed by atoms with Crippen molar-refractivity contribution in [3.05, 3.63) is 5.89 Å². The van der Waals surface area contributed by atoms with Crippen LogP contribution >= 0.6 is 7.60 Å². The van der Waals surface area contributed by atoms with E-state index in [9.17, 15) is 4.57 Å². The minimum Gasteiger partial charge on any atom is -0.422 e. The molecule has 1 atom stereocenters. The molecule has 0 spiro atoms. The van der Waals surface area contributed by atoms with Gasteiger partial charge < -0.3 is 28.8 Å². The zero-order valence-corrected chi connectivity index (χ0v) is 14.2. The first-order valence-corrected chi connectivity index (χ1v) is 9.04. The summed E-state index contributed by atoms with van der Waals surface area (Å²) in [5.74, 6) is 0.719. The molecule has 2 N–H and O–H groups in total. The van der Waals surface area contributed by atoms with Gasteiger partial charge in [-0.3, -0.25) is 4.57 Å². The number of ether oxygens (including phenoxy) is 1. The number of anilines is 1. The van der Waals surface area contributed by atoms with Gasteiger partial charge in [0.25, 0.3) is 0 Å². The van der Waals surface area contributed by atoms with Crippen molar-refractivity contribution in [1.29, 1.82) is 0 Å². The first-order valence-electron chi connectivity index (χ1n) is 7.50. The smallest absolute Gasteiger partial charge is 0.385 e. The fraction of sp³-hybridized carbons (Fsp3) is 0.769. The molecule has 1 saturated heterocycles. The second-order valence-corrected chi connectivity index (χ2v) is 6.84. The van der Waals surface area contributed by atoms with Crippen LogP contribution in [0.25, 0.3) is 0 Å². The van der Waals surface area contributed by atoms with Gasteiger partial charge in [-0.05, 0) is 20.8 Å². The average molecular weight is 333 g/mol. The van der Waals surface area contributed by atoms with E-state index in [1.807, 2.05) is 4.90 Å². The molecule has 0 radical (unpaired) electrons. The summed E-state index contributed by atoms with van der Waals surface area (Å²) >= 11 is 0. The Kier molecular flexibility index (Phi) is 6.00. The van der Waals surface area contributed by atoms with Crippen molar-refractivity contribution in [2.75, 3.05) is 44.4 Å². The maximum absolute atomic E-state index is 13.0. The molecule has 0 amide bonds. The minimum atomic E-state index is -3.54. The van der Waals surface area contributed by atoms with Crippen LogP contribution in [0.5, 0.6) is 0 Å². The van der Waals surface area contributed by atoms with Crippen molar-refractivity contribution in [1.82, 2.24) is 4.98 Å². The lowest BCUT2D eigenvalue weighted by Gasteiger charge is -2.27. The van der Waals surface area contributed by atoms with Gasteiger partial charge in [0, 0.05) is 13.1 Å². The van der Waals surface area contributed by atoms with Crippen molar-refractivity contribution in [3.8, 4) is 0 Å². The first kappa shape index (κ1) is 17.4. The number of nitrogens with zero attached hydrogens (tertiary/aromatic N) is 2. The molecule has 2 heterocycles. The van der Waals surface area contributed by atoms with Gasteiger partial charge in [0.05, 0.1) is 32.5 Å². The standard InChI is InChI=1S/C13H24N3O5P/c1-4-19-22(17,20-5-2)12-13(16-6-8-18-9-7-16)21-11(15-12)10(3)14/h10H,4-9,14H2,1-3H3. The Morgan fingerprint density at radius 3 is 2.41 bits per heavy atom. The molecular weight excluding hydrogens is 309 g/mol. The molecule has 0 aromatic carbocycles. The van der Waals surface area contributed by atoms with E-state index < -0.39 is 13.6 Å². The van der Waals surface area contributed by atoms with E-state index in [4.69, 9.17) is 23.9 Å². The third-order valence-electron chi connectivity index (χ3n) is 3.15. The summed E-state index contributed by atoms with van der Waals surface area (Å²) < 4.78 is 34.9. The second kappa shape index (κ2) is 7.57. The minimum absolute atomic E-state index is 0.199. The number of oxazole rings is 1. The Balaban J connectivity index is 2.44. The van der Waals surface area contributed by atoms with Gasteiger partial charge >= 0.3 is 7.60 Å². The highest BCUT2D eigenvalue weighted by atomic mass is 31.2. The number of aromatic nitrogens is 1. The first-order chi connectivity index (χ1) is 10.5. The van der Waals surface area contributed by atoms with Crippen LogP contribution < -0.4 is 16.1 Å². The molecule has 126 valence electrons. The SMILES string of the molecule is CCOP(=O)(OCC)c1nc(C(C)N)oc1N1CCOCC1. The third kappa shape index (κ3) is 3.70. The van der Waals surface area contributed by atoms with Gasteiger partial charge in [0.1, 0.15) is 0 Å². The normalized spacial score (nSPS) is 17.7. The zero-order valence-electron chi connectivity index (χ0n) is 13.3. The Morgan fingerprint density at radius 1 is 1.32 bits per heavy atom. The van der Waals surface area contributed by atoms with E-state index in [0.717, 1.165) is 0 Å². The van der Waals surface area contributed by atoms with Crippen molar-refractivity contribution in [2.45, 2.75) is 26.8 Å². The Bertz CT molecular complexity index is 518. The molecule has 1 fully saturated rings. The molecule has 1 aliphatic rings. The van der Waals surface area contributed by atoms with Gasteiger partial charge in [-0.25, -0.2) is 4.98 Å². The summed E-state index contributed by atoms with van der Waals surface area (Å²) in [5.41, 5.74) is 6.05. The summed E-state index contributed by atoms with van der Waals surface area (Å²) in [6, 6.07) is -0.412. The van der Waals surface area contributed by atoms with Crippen molar-refractivity contribution < 1.29 is 22.8 Å². The molecule has 1 aliphatic heterocycles. The maximum atomic E-state index is 13.0. The highest BCUT2D eigenvalue weighted by molar-refractivity contribution is 7.62. The molecular formula is C13H24N3O5P. The predicted octanol–water partition coefficient (Wildman–Crippen LogP) is 1.42. The number of morpholine rings is 1. The monoisotopic (exact) mass is 333 g/mol. The lowest BCUT2D eigenvalue weighted by molar-refractivity contribution is 0.120. The van der Waals surface area contributed by atoms with Crippen LogP contribution in [0.2, 0.25) is 0 Å². The van der Waals surface area contributed by atoms with Gasteiger partial charge in [-0.1, -0.05) is 0 Å². The Labute approximate surface area is 130 Å². The number of rotatable bonds is 7. The molecule has 2 rings (SSSR count). The Morgan fingerprint density at radius 2 is 1.91 bits per heavy atom. The molecule has 0 bridgehead atoms. The molecule has 1 aromatic heterocycles. The van der Waals surface area contributed by atoms with E-state index in [2.05, 4.69) is 4.98 Å². The van der Waals surface area contributed by atoms with Crippen LogP contribution in [0, 0.1) is 0 Å². The summed E-state index contributed by atoms with van der Waals surface area (Å²) in [6.07, 6.45) is 0.